The number of thiophene rings is 1. The molecular formula is C14H14F3NO2S. The Balaban J connectivity index is 1.99. The lowest BCUT2D eigenvalue weighted by molar-refractivity contribution is -0.274. The van der Waals surface area contributed by atoms with Crippen LogP contribution in [0.4, 0.5) is 13.2 Å². The zero-order valence-corrected chi connectivity index (χ0v) is 12.0. The topological polar surface area (TPSA) is 44.5 Å². The van der Waals surface area contributed by atoms with Crippen LogP contribution in [0.3, 0.4) is 0 Å². The molecule has 2 N–H and O–H groups in total. The van der Waals surface area contributed by atoms with Crippen molar-refractivity contribution in [2.24, 2.45) is 5.73 Å². The summed E-state index contributed by atoms with van der Waals surface area (Å²) in [5.74, 6) is 0.511. The molecule has 1 unspecified atom stereocenters. The summed E-state index contributed by atoms with van der Waals surface area (Å²) in [5, 5.41) is 1.86. The summed E-state index contributed by atoms with van der Waals surface area (Å²) in [4.78, 5) is 0.961. The first-order valence-electron chi connectivity index (χ1n) is 6.10. The lowest BCUT2D eigenvalue weighted by Gasteiger charge is -2.11. The molecule has 0 saturated carbocycles. The van der Waals surface area contributed by atoms with Crippen LogP contribution in [0.2, 0.25) is 0 Å². The van der Waals surface area contributed by atoms with E-state index in [1.54, 1.807) is 19.2 Å². The van der Waals surface area contributed by atoms with Crippen molar-refractivity contribution in [2.45, 2.75) is 18.8 Å². The molecule has 2 rings (SSSR count). The van der Waals surface area contributed by atoms with Gasteiger partial charge in [-0.2, -0.15) is 0 Å². The standard InChI is InChI=1S/C14H14F3NO2S/c1-19-11-7-13(21-8-11)12(18)6-9-2-4-10(5-3-9)20-14(15,16)17/h2-5,7-8,12H,6,18H2,1H3. The summed E-state index contributed by atoms with van der Waals surface area (Å²) >= 11 is 1.49. The molecule has 0 fully saturated rings. The van der Waals surface area contributed by atoms with Crippen molar-refractivity contribution in [3.63, 3.8) is 0 Å². The highest BCUT2D eigenvalue weighted by molar-refractivity contribution is 7.10. The first-order valence-corrected chi connectivity index (χ1v) is 6.98. The van der Waals surface area contributed by atoms with Crippen LogP contribution in [-0.4, -0.2) is 13.5 Å². The number of hydrogen-bond donors (Lipinski definition) is 1. The van der Waals surface area contributed by atoms with Crippen LogP contribution in [0, 0.1) is 0 Å². The fourth-order valence-electron chi connectivity index (χ4n) is 1.82. The Labute approximate surface area is 124 Å². The third-order valence-corrected chi connectivity index (χ3v) is 3.85. The van der Waals surface area contributed by atoms with Gasteiger partial charge in [0.15, 0.2) is 0 Å². The summed E-state index contributed by atoms with van der Waals surface area (Å²) in [5.41, 5.74) is 6.92. The van der Waals surface area contributed by atoms with Crippen molar-refractivity contribution in [3.05, 3.63) is 46.2 Å². The van der Waals surface area contributed by atoms with Gasteiger partial charge in [0.2, 0.25) is 0 Å². The van der Waals surface area contributed by atoms with Gasteiger partial charge in [0.05, 0.1) is 7.11 Å². The maximum absolute atomic E-state index is 12.1. The number of methoxy groups -OCH3 is 1. The third-order valence-electron chi connectivity index (χ3n) is 2.81. The van der Waals surface area contributed by atoms with Gasteiger partial charge >= 0.3 is 6.36 Å². The van der Waals surface area contributed by atoms with Crippen molar-refractivity contribution in [1.29, 1.82) is 0 Å². The monoisotopic (exact) mass is 317 g/mol. The van der Waals surface area contributed by atoms with Gasteiger partial charge < -0.3 is 15.2 Å². The van der Waals surface area contributed by atoms with Gasteiger partial charge in [-0.1, -0.05) is 12.1 Å². The van der Waals surface area contributed by atoms with Crippen molar-refractivity contribution in [2.75, 3.05) is 7.11 Å². The van der Waals surface area contributed by atoms with Gasteiger partial charge in [0, 0.05) is 16.3 Å². The van der Waals surface area contributed by atoms with Crippen LogP contribution in [0.5, 0.6) is 11.5 Å². The Morgan fingerprint density at radius 2 is 1.86 bits per heavy atom. The van der Waals surface area contributed by atoms with E-state index in [0.717, 1.165) is 16.2 Å². The molecule has 1 atom stereocenters. The number of ether oxygens (including phenoxy) is 2. The number of alkyl halides is 3. The fraction of sp³-hybridized carbons (Fsp3) is 0.286. The highest BCUT2D eigenvalue weighted by Gasteiger charge is 2.30. The first kappa shape index (κ1) is 15.7. The molecule has 2 aromatic rings. The van der Waals surface area contributed by atoms with Gasteiger partial charge in [0.25, 0.3) is 0 Å². The Morgan fingerprint density at radius 1 is 1.19 bits per heavy atom. The second-order valence-electron chi connectivity index (χ2n) is 4.39. The van der Waals surface area contributed by atoms with E-state index in [-0.39, 0.29) is 11.8 Å². The molecule has 1 aromatic carbocycles. The van der Waals surface area contributed by atoms with Gasteiger partial charge in [-0.25, -0.2) is 0 Å². The molecule has 0 saturated heterocycles. The number of rotatable bonds is 5. The smallest absolute Gasteiger partial charge is 0.496 e. The van der Waals surface area contributed by atoms with E-state index >= 15 is 0 Å². The molecule has 0 radical (unpaired) electrons. The Bertz CT molecular complexity index is 581. The van der Waals surface area contributed by atoms with Crippen LogP contribution in [0.1, 0.15) is 16.5 Å². The Hall–Kier alpha value is -1.73. The molecule has 7 heteroatoms. The quantitative estimate of drug-likeness (QED) is 0.909. The fourth-order valence-corrected chi connectivity index (χ4v) is 2.68. The third kappa shape index (κ3) is 4.64. The number of nitrogens with two attached hydrogens (primary N) is 1. The molecule has 21 heavy (non-hydrogen) atoms. The molecule has 3 nitrogen and oxygen atoms in total. The molecule has 1 aromatic heterocycles. The molecule has 0 bridgehead atoms. The Kier molecular flexibility index (Phi) is 4.74. The van der Waals surface area contributed by atoms with Crippen LogP contribution in [0.15, 0.2) is 35.7 Å². The molecule has 1 heterocycles. The highest BCUT2D eigenvalue weighted by Crippen LogP contribution is 2.28. The van der Waals surface area contributed by atoms with E-state index in [0.29, 0.717) is 6.42 Å². The first-order chi connectivity index (χ1) is 9.87. The van der Waals surface area contributed by atoms with E-state index in [4.69, 9.17) is 10.5 Å². The minimum atomic E-state index is -4.68. The van der Waals surface area contributed by atoms with Crippen molar-refractivity contribution in [3.8, 4) is 11.5 Å². The van der Waals surface area contributed by atoms with Gasteiger partial charge in [0.1, 0.15) is 11.5 Å². The molecule has 114 valence electrons. The van der Waals surface area contributed by atoms with E-state index in [1.165, 1.54) is 23.5 Å². The van der Waals surface area contributed by atoms with E-state index < -0.39 is 6.36 Å². The molecular weight excluding hydrogens is 303 g/mol. The van der Waals surface area contributed by atoms with E-state index in [2.05, 4.69) is 4.74 Å². The number of halogens is 3. The van der Waals surface area contributed by atoms with Gasteiger partial charge in [-0.3, -0.25) is 0 Å². The molecule has 0 amide bonds. The van der Waals surface area contributed by atoms with Crippen molar-refractivity contribution < 1.29 is 22.6 Å². The lowest BCUT2D eigenvalue weighted by atomic mass is 10.1. The summed E-state index contributed by atoms with van der Waals surface area (Å²) < 4.78 is 45.1. The zero-order valence-electron chi connectivity index (χ0n) is 11.2. The number of benzene rings is 1. The predicted molar refractivity (Wildman–Crippen MR) is 74.6 cm³/mol. The SMILES string of the molecule is COc1csc(C(N)Cc2ccc(OC(F)(F)F)cc2)c1. The second-order valence-corrected chi connectivity index (χ2v) is 5.33. The molecule has 0 aliphatic rings. The number of hydrogen-bond acceptors (Lipinski definition) is 4. The second kappa shape index (κ2) is 6.36. The van der Waals surface area contributed by atoms with E-state index in [1.807, 2.05) is 11.4 Å². The van der Waals surface area contributed by atoms with Crippen LogP contribution in [0.25, 0.3) is 0 Å². The maximum Gasteiger partial charge on any atom is 0.573 e. The zero-order chi connectivity index (χ0) is 15.5. The minimum Gasteiger partial charge on any atom is -0.496 e. The lowest BCUT2D eigenvalue weighted by Crippen LogP contribution is -2.17. The summed E-state index contributed by atoms with van der Waals surface area (Å²) in [6, 6.07) is 7.34. The molecule has 0 aliphatic heterocycles. The van der Waals surface area contributed by atoms with Gasteiger partial charge in [-0.05, 0) is 30.2 Å². The summed E-state index contributed by atoms with van der Waals surface area (Å²) in [6.07, 6.45) is -4.15. The highest BCUT2D eigenvalue weighted by atomic mass is 32.1. The van der Waals surface area contributed by atoms with Crippen molar-refractivity contribution >= 4 is 11.3 Å². The predicted octanol–water partition coefficient (Wildman–Crippen LogP) is 3.90. The minimum absolute atomic E-state index is 0.228. The Morgan fingerprint density at radius 3 is 2.38 bits per heavy atom. The molecule has 0 spiro atoms. The average Bonchev–Trinajstić information content (AvgIpc) is 2.88. The largest absolute Gasteiger partial charge is 0.573 e. The van der Waals surface area contributed by atoms with Gasteiger partial charge in [-0.15, -0.1) is 24.5 Å². The molecule has 0 aliphatic carbocycles. The van der Waals surface area contributed by atoms with Crippen LogP contribution >= 0.6 is 11.3 Å². The summed E-state index contributed by atoms with van der Waals surface area (Å²) in [7, 11) is 1.58. The van der Waals surface area contributed by atoms with Crippen LogP contribution in [-0.2, 0) is 6.42 Å². The van der Waals surface area contributed by atoms with Crippen molar-refractivity contribution in [1.82, 2.24) is 0 Å². The summed E-state index contributed by atoms with van der Waals surface area (Å²) in [6.45, 7) is 0. The average molecular weight is 317 g/mol. The van der Waals surface area contributed by atoms with E-state index in [9.17, 15) is 13.2 Å². The normalized spacial score (nSPS) is 13.0. The maximum atomic E-state index is 12.1. The van der Waals surface area contributed by atoms with Crippen LogP contribution < -0.4 is 15.2 Å².